The number of carbonyl (C=O) groups excluding carboxylic acids is 2. The summed E-state index contributed by atoms with van der Waals surface area (Å²) in [4.78, 5) is 37.4. The van der Waals surface area contributed by atoms with Crippen molar-refractivity contribution in [2.24, 2.45) is 5.92 Å². The van der Waals surface area contributed by atoms with E-state index in [0.717, 1.165) is 11.1 Å². The van der Waals surface area contributed by atoms with Gasteiger partial charge in [-0.1, -0.05) is 24.3 Å². The van der Waals surface area contributed by atoms with Crippen LogP contribution in [0.15, 0.2) is 42.5 Å². The summed E-state index contributed by atoms with van der Waals surface area (Å²) in [5.74, 6) is -0.912. The van der Waals surface area contributed by atoms with Gasteiger partial charge in [0.15, 0.2) is 12.4 Å². The van der Waals surface area contributed by atoms with Crippen molar-refractivity contribution in [1.82, 2.24) is 0 Å². The van der Waals surface area contributed by atoms with E-state index in [9.17, 15) is 19.7 Å². The summed E-state index contributed by atoms with van der Waals surface area (Å²) in [6.45, 7) is 4.68. The van der Waals surface area contributed by atoms with Crippen molar-refractivity contribution >= 4 is 23.1 Å². The lowest BCUT2D eigenvalue weighted by molar-refractivity contribution is -0.384. The Kier molecular flexibility index (Phi) is 6.26. The molecule has 0 bridgehead atoms. The van der Waals surface area contributed by atoms with Crippen LogP contribution < -0.4 is 4.90 Å². The Labute approximate surface area is 169 Å². The quantitative estimate of drug-likeness (QED) is 0.319. The Morgan fingerprint density at radius 1 is 1.10 bits per heavy atom. The number of nitro benzene ring substituents is 1. The molecule has 0 atom stereocenters. The van der Waals surface area contributed by atoms with Crippen LogP contribution in [0.3, 0.4) is 0 Å². The van der Waals surface area contributed by atoms with E-state index in [1.165, 1.54) is 6.07 Å². The Balaban J connectivity index is 1.53. The van der Waals surface area contributed by atoms with E-state index in [-0.39, 0.29) is 30.0 Å². The molecule has 1 heterocycles. The topological polar surface area (TPSA) is 89.8 Å². The zero-order valence-electron chi connectivity index (χ0n) is 16.6. The number of ketones is 1. The van der Waals surface area contributed by atoms with Crippen LogP contribution in [0.25, 0.3) is 0 Å². The number of Topliss-reactive ketones (excluding diaryl/α,β-unsaturated/α-hetero) is 1. The summed E-state index contributed by atoms with van der Waals surface area (Å²) in [5.41, 5.74) is 3.28. The smallest absolute Gasteiger partial charge is 0.309 e. The first-order chi connectivity index (χ1) is 13.9. The van der Waals surface area contributed by atoms with Crippen molar-refractivity contribution in [3.63, 3.8) is 0 Å². The molecule has 0 radical (unpaired) electrons. The molecule has 2 aromatic rings. The minimum Gasteiger partial charge on any atom is -0.457 e. The van der Waals surface area contributed by atoms with Crippen LogP contribution in [-0.4, -0.2) is 36.4 Å². The third-order valence-corrected chi connectivity index (χ3v) is 5.42. The fourth-order valence-corrected chi connectivity index (χ4v) is 3.49. The van der Waals surface area contributed by atoms with Gasteiger partial charge in [-0.05, 0) is 49.9 Å². The van der Waals surface area contributed by atoms with E-state index in [1.54, 1.807) is 30.3 Å². The minimum absolute atomic E-state index is 0.0625. The minimum atomic E-state index is -0.395. The number of benzene rings is 2. The monoisotopic (exact) mass is 396 g/mol. The second kappa shape index (κ2) is 8.86. The molecule has 0 spiro atoms. The van der Waals surface area contributed by atoms with Crippen LogP contribution in [0.2, 0.25) is 0 Å². The van der Waals surface area contributed by atoms with Gasteiger partial charge >= 0.3 is 5.97 Å². The second-order valence-electron chi connectivity index (χ2n) is 7.34. The number of ether oxygens (including phenoxy) is 1. The molecule has 0 aromatic heterocycles. The number of aryl methyl sites for hydroxylation is 2. The summed E-state index contributed by atoms with van der Waals surface area (Å²) < 4.78 is 5.26. The highest BCUT2D eigenvalue weighted by Gasteiger charge is 2.29. The van der Waals surface area contributed by atoms with Gasteiger partial charge < -0.3 is 9.64 Å². The summed E-state index contributed by atoms with van der Waals surface area (Å²) in [6, 6.07) is 12.0. The van der Waals surface area contributed by atoms with E-state index in [1.807, 2.05) is 24.8 Å². The number of carbonyl (C=O) groups is 2. The van der Waals surface area contributed by atoms with E-state index in [0.29, 0.717) is 37.2 Å². The number of piperidine rings is 1. The van der Waals surface area contributed by atoms with Crippen molar-refractivity contribution in [1.29, 1.82) is 0 Å². The average molecular weight is 396 g/mol. The zero-order chi connectivity index (χ0) is 21.0. The number of anilines is 1. The normalized spacial score (nSPS) is 14.5. The second-order valence-corrected chi connectivity index (χ2v) is 7.34. The molecule has 1 fully saturated rings. The Morgan fingerprint density at radius 3 is 2.45 bits per heavy atom. The highest BCUT2D eigenvalue weighted by Crippen LogP contribution is 2.31. The zero-order valence-corrected chi connectivity index (χ0v) is 16.6. The summed E-state index contributed by atoms with van der Waals surface area (Å²) in [5, 5.41) is 11.2. The summed E-state index contributed by atoms with van der Waals surface area (Å²) in [7, 11) is 0. The number of rotatable bonds is 6. The number of esters is 1. The fraction of sp³-hybridized carbons (Fsp3) is 0.364. The first kappa shape index (κ1) is 20.5. The molecule has 0 amide bonds. The van der Waals surface area contributed by atoms with Crippen LogP contribution in [-0.2, 0) is 9.53 Å². The van der Waals surface area contributed by atoms with Crippen LogP contribution in [0, 0.1) is 29.9 Å². The predicted octanol–water partition coefficient (Wildman–Crippen LogP) is 3.85. The summed E-state index contributed by atoms with van der Waals surface area (Å²) >= 11 is 0. The number of hydrogen-bond acceptors (Lipinski definition) is 6. The first-order valence-corrected chi connectivity index (χ1v) is 9.62. The van der Waals surface area contributed by atoms with Gasteiger partial charge in [0, 0.05) is 24.7 Å². The van der Waals surface area contributed by atoms with Crippen molar-refractivity contribution in [3.05, 3.63) is 69.3 Å². The molecule has 7 nitrogen and oxygen atoms in total. The Morgan fingerprint density at radius 2 is 1.79 bits per heavy atom. The third-order valence-electron chi connectivity index (χ3n) is 5.42. The fourth-order valence-electron chi connectivity index (χ4n) is 3.49. The van der Waals surface area contributed by atoms with E-state index >= 15 is 0 Å². The maximum Gasteiger partial charge on any atom is 0.309 e. The number of nitrogens with zero attached hydrogens (tertiary/aromatic N) is 2. The lowest BCUT2D eigenvalue weighted by Gasteiger charge is -2.32. The van der Waals surface area contributed by atoms with Gasteiger partial charge in [-0.15, -0.1) is 0 Å². The molecule has 1 aliphatic heterocycles. The number of hydrogen-bond donors (Lipinski definition) is 0. The molecule has 1 saturated heterocycles. The molecule has 3 rings (SSSR count). The maximum atomic E-state index is 12.4. The van der Waals surface area contributed by atoms with Crippen LogP contribution in [0.5, 0.6) is 0 Å². The van der Waals surface area contributed by atoms with Gasteiger partial charge in [-0.2, -0.15) is 0 Å². The van der Waals surface area contributed by atoms with Gasteiger partial charge in [0.2, 0.25) is 0 Å². The molecule has 0 aliphatic carbocycles. The van der Waals surface area contributed by atoms with Crippen molar-refractivity contribution < 1.29 is 19.2 Å². The van der Waals surface area contributed by atoms with Crippen molar-refractivity contribution in [2.45, 2.75) is 26.7 Å². The summed E-state index contributed by atoms with van der Waals surface area (Å²) in [6.07, 6.45) is 1.06. The van der Waals surface area contributed by atoms with Gasteiger partial charge in [0.1, 0.15) is 5.69 Å². The SMILES string of the molecule is Cc1ccc(C(=O)COC(=O)C2CCN(c3ccccc3[N+](=O)[O-])CC2)cc1C. The Bertz CT molecular complexity index is 933. The van der Waals surface area contributed by atoms with Crippen LogP contribution in [0.1, 0.15) is 34.3 Å². The lowest BCUT2D eigenvalue weighted by Crippen LogP contribution is -2.37. The first-order valence-electron chi connectivity index (χ1n) is 9.62. The van der Waals surface area contributed by atoms with E-state index < -0.39 is 4.92 Å². The molecule has 152 valence electrons. The third kappa shape index (κ3) is 4.80. The van der Waals surface area contributed by atoms with Gasteiger partial charge in [-0.25, -0.2) is 0 Å². The van der Waals surface area contributed by atoms with Gasteiger partial charge in [-0.3, -0.25) is 19.7 Å². The van der Waals surface area contributed by atoms with Crippen molar-refractivity contribution in [3.8, 4) is 0 Å². The van der Waals surface area contributed by atoms with Crippen molar-refractivity contribution in [2.75, 3.05) is 24.6 Å². The molecule has 0 N–H and O–H groups in total. The molecule has 2 aromatic carbocycles. The molecule has 0 saturated carbocycles. The average Bonchev–Trinajstić information content (AvgIpc) is 2.73. The van der Waals surface area contributed by atoms with Gasteiger partial charge in [0.25, 0.3) is 5.69 Å². The molecule has 1 aliphatic rings. The molecule has 7 heteroatoms. The maximum absolute atomic E-state index is 12.4. The van der Waals surface area contributed by atoms with Crippen LogP contribution >= 0.6 is 0 Å². The molecule has 0 unspecified atom stereocenters. The van der Waals surface area contributed by atoms with E-state index in [2.05, 4.69) is 0 Å². The van der Waals surface area contributed by atoms with E-state index in [4.69, 9.17) is 4.74 Å². The standard InChI is InChI=1S/C22H24N2O5/c1-15-7-8-18(13-16(15)2)21(25)14-29-22(26)17-9-11-23(12-10-17)19-5-3-4-6-20(19)24(27)28/h3-8,13,17H,9-12,14H2,1-2H3. The molecular formula is C22H24N2O5. The highest BCUT2D eigenvalue weighted by molar-refractivity contribution is 5.98. The number of nitro groups is 1. The molecule has 29 heavy (non-hydrogen) atoms. The predicted molar refractivity (Wildman–Crippen MR) is 109 cm³/mol. The Hall–Kier alpha value is -3.22. The van der Waals surface area contributed by atoms with Gasteiger partial charge in [0.05, 0.1) is 10.8 Å². The highest BCUT2D eigenvalue weighted by atomic mass is 16.6. The largest absolute Gasteiger partial charge is 0.457 e. The molecular weight excluding hydrogens is 372 g/mol. The van der Waals surface area contributed by atoms with Crippen LogP contribution in [0.4, 0.5) is 11.4 Å². The number of para-hydroxylation sites is 2. The lowest BCUT2D eigenvalue weighted by atomic mass is 9.96.